The largest absolute Gasteiger partial charge is 0.480 e. The molecule has 5 nitrogen and oxygen atoms in total. The van der Waals surface area contributed by atoms with Gasteiger partial charge in [0.2, 0.25) is 5.95 Å². The van der Waals surface area contributed by atoms with Crippen molar-refractivity contribution in [3.8, 4) is 5.75 Å². The Morgan fingerprint density at radius 1 is 0.906 bits per heavy atom. The molecule has 0 saturated heterocycles. The van der Waals surface area contributed by atoms with Crippen molar-refractivity contribution in [2.24, 2.45) is 0 Å². The second-order valence-corrected chi connectivity index (χ2v) is 8.50. The fraction of sp³-hybridized carbons (Fsp3) is 0.0833. The Labute approximate surface area is 193 Å². The normalized spacial score (nSPS) is 18.8. The molecule has 0 fully saturated rings. The molecule has 32 heavy (non-hydrogen) atoms. The van der Waals surface area contributed by atoms with Crippen LogP contribution in [0.15, 0.2) is 78.6 Å². The average molecular weight is 465 g/mol. The van der Waals surface area contributed by atoms with Gasteiger partial charge in [0, 0.05) is 21.2 Å². The fourth-order valence-electron chi connectivity index (χ4n) is 4.32. The van der Waals surface area contributed by atoms with E-state index in [0.717, 1.165) is 28.0 Å². The summed E-state index contributed by atoms with van der Waals surface area (Å²) in [5.74, 6) is 0.981. The Kier molecular flexibility index (Phi) is 4.45. The van der Waals surface area contributed by atoms with Crippen LogP contribution in [0.4, 0.5) is 10.3 Å². The zero-order valence-corrected chi connectivity index (χ0v) is 18.0. The van der Waals surface area contributed by atoms with Crippen LogP contribution in [-0.4, -0.2) is 14.8 Å². The van der Waals surface area contributed by atoms with E-state index >= 15 is 0 Å². The third-order valence-corrected chi connectivity index (χ3v) is 6.22. The fourth-order valence-corrected chi connectivity index (χ4v) is 4.62. The topological polar surface area (TPSA) is 52.0 Å². The van der Waals surface area contributed by atoms with Crippen molar-refractivity contribution in [1.82, 2.24) is 14.8 Å². The minimum atomic E-state index is -0.434. The monoisotopic (exact) mass is 464 g/mol. The van der Waals surface area contributed by atoms with Gasteiger partial charge in [-0.3, -0.25) is 0 Å². The third kappa shape index (κ3) is 3.06. The number of fused-ring (bicyclic) bond motifs is 3. The van der Waals surface area contributed by atoms with Gasteiger partial charge in [0.25, 0.3) is 0 Å². The molecule has 2 aliphatic rings. The Hall–Kier alpha value is -3.35. The number of benzene rings is 3. The second kappa shape index (κ2) is 7.36. The quantitative estimate of drug-likeness (QED) is 0.379. The molecule has 0 radical (unpaired) electrons. The Balaban J connectivity index is 1.63. The molecule has 0 bridgehead atoms. The molecule has 3 aromatic carbocycles. The SMILES string of the molecule is Fc1ccc([C@H]2C3=C(Nc4ncnn42)c2cc(Cl)ccc2O[C@@H]3c2ccc(Cl)cc2)cc1. The Morgan fingerprint density at radius 3 is 2.41 bits per heavy atom. The van der Waals surface area contributed by atoms with Crippen LogP contribution in [0.3, 0.4) is 0 Å². The van der Waals surface area contributed by atoms with Crippen LogP contribution in [0.2, 0.25) is 10.0 Å². The van der Waals surface area contributed by atoms with Crippen LogP contribution < -0.4 is 10.1 Å². The molecule has 4 aromatic rings. The first kappa shape index (κ1) is 19.3. The van der Waals surface area contributed by atoms with E-state index in [2.05, 4.69) is 15.4 Å². The average Bonchev–Trinajstić information content (AvgIpc) is 3.27. The van der Waals surface area contributed by atoms with E-state index in [1.807, 2.05) is 36.4 Å². The molecule has 1 aromatic heterocycles. The summed E-state index contributed by atoms with van der Waals surface area (Å²) in [5.41, 5.74) is 4.40. The summed E-state index contributed by atoms with van der Waals surface area (Å²) in [7, 11) is 0. The van der Waals surface area contributed by atoms with Crippen LogP contribution in [-0.2, 0) is 0 Å². The van der Waals surface area contributed by atoms with Gasteiger partial charge in [-0.1, -0.05) is 47.5 Å². The molecule has 0 aliphatic carbocycles. The van der Waals surface area contributed by atoms with Gasteiger partial charge >= 0.3 is 0 Å². The number of ether oxygens (including phenoxy) is 1. The highest BCUT2D eigenvalue weighted by atomic mass is 35.5. The molecule has 158 valence electrons. The molecule has 8 heteroatoms. The zero-order chi connectivity index (χ0) is 21.8. The molecule has 0 saturated carbocycles. The molecule has 0 amide bonds. The summed E-state index contributed by atoms with van der Waals surface area (Å²) in [6.07, 6.45) is 1.06. The number of rotatable bonds is 2. The Morgan fingerprint density at radius 2 is 1.62 bits per heavy atom. The van der Waals surface area contributed by atoms with Crippen molar-refractivity contribution in [3.63, 3.8) is 0 Å². The van der Waals surface area contributed by atoms with Gasteiger partial charge in [0.15, 0.2) is 0 Å². The number of halogens is 3. The summed E-state index contributed by atoms with van der Waals surface area (Å²) in [4.78, 5) is 4.39. The maximum atomic E-state index is 13.7. The van der Waals surface area contributed by atoms with Crippen molar-refractivity contribution in [2.45, 2.75) is 12.1 Å². The van der Waals surface area contributed by atoms with E-state index in [1.165, 1.54) is 18.5 Å². The van der Waals surface area contributed by atoms with Crippen molar-refractivity contribution in [2.75, 3.05) is 5.32 Å². The molecular weight excluding hydrogens is 450 g/mol. The van der Waals surface area contributed by atoms with Crippen LogP contribution >= 0.6 is 23.2 Å². The summed E-state index contributed by atoms with van der Waals surface area (Å²) in [5, 5.41) is 9.10. The molecule has 2 aliphatic heterocycles. The highest BCUT2D eigenvalue weighted by Crippen LogP contribution is 2.51. The first-order valence-corrected chi connectivity index (χ1v) is 10.7. The lowest BCUT2D eigenvalue weighted by Gasteiger charge is -2.39. The standard InChI is InChI=1S/C24H15Cl2FN4O/c25-15-5-1-14(2-6-15)23-20-21(18-11-16(26)7-10-19(18)32-23)30-24-28-12-29-31(24)22(20)13-3-8-17(27)9-4-13/h1-12,22-23H,(H,28,29,30)/t22-,23+/m0/s1. The van der Waals surface area contributed by atoms with Crippen LogP contribution in [0.1, 0.15) is 28.8 Å². The summed E-state index contributed by atoms with van der Waals surface area (Å²) < 4.78 is 22.0. The van der Waals surface area contributed by atoms with Crippen molar-refractivity contribution >= 4 is 34.8 Å². The van der Waals surface area contributed by atoms with Gasteiger partial charge in [0.1, 0.15) is 30.0 Å². The van der Waals surface area contributed by atoms with E-state index in [9.17, 15) is 4.39 Å². The van der Waals surface area contributed by atoms with E-state index < -0.39 is 6.10 Å². The van der Waals surface area contributed by atoms with Gasteiger partial charge in [-0.25, -0.2) is 9.07 Å². The van der Waals surface area contributed by atoms with E-state index in [-0.39, 0.29) is 11.9 Å². The molecule has 0 spiro atoms. The minimum Gasteiger partial charge on any atom is -0.480 e. The predicted octanol–water partition coefficient (Wildman–Crippen LogP) is 6.28. The summed E-state index contributed by atoms with van der Waals surface area (Å²) in [6, 6.07) is 19.1. The van der Waals surface area contributed by atoms with Crippen molar-refractivity contribution in [1.29, 1.82) is 0 Å². The first-order valence-electron chi connectivity index (χ1n) is 9.96. The lowest BCUT2D eigenvalue weighted by molar-refractivity contribution is 0.223. The van der Waals surface area contributed by atoms with Gasteiger partial charge < -0.3 is 10.1 Å². The van der Waals surface area contributed by atoms with Crippen molar-refractivity contribution in [3.05, 3.63) is 111 Å². The third-order valence-electron chi connectivity index (χ3n) is 5.73. The predicted molar refractivity (Wildman–Crippen MR) is 121 cm³/mol. The second-order valence-electron chi connectivity index (χ2n) is 7.63. The molecular formula is C24H15Cl2FN4O. The highest BCUT2D eigenvalue weighted by Gasteiger charge is 2.41. The Bertz CT molecular complexity index is 1370. The molecule has 3 heterocycles. The summed E-state index contributed by atoms with van der Waals surface area (Å²) in [6.45, 7) is 0. The smallest absolute Gasteiger partial charge is 0.226 e. The maximum absolute atomic E-state index is 13.7. The summed E-state index contributed by atoms with van der Waals surface area (Å²) >= 11 is 12.5. The molecule has 1 N–H and O–H groups in total. The molecule has 6 rings (SSSR count). The van der Waals surface area contributed by atoms with Gasteiger partial charge in [-0.15, -0.1) is 0 Å². The number of nitrogens with one attached hydrogen (secondary N) is 1. The zero-order valence-electron chi connectivity index (χ0n) is 16.5. The minimum absolute atomic E-state index is 0.304. The highest BCUT2D eigenvalue weighted by molar-refractivity contribution is 6.31. The number of nitrogens with zero attached hydrogens (tertiary/aromatic N) is 3. The van der Waals surface area contributed by atoms with Crippen molar-refractivity contribution < 1.29 is 9.13 Å². The number of anilines is 1. The van der Waals surface area contributed by atoms with Gasteiger partial charge in [0.05, 0.1) is 5.70 Å². The lowest BCUT2D eigenvalue weighted by atomic mass is 9.84. The number of aromatic nitrogens is 3. The number of hydrogen-bond donors (Lipinski definition) is 1. The molecule has 2 atom stereocenters. The van der Waals surface area contributed by atoms with E-state index in [0.29, 0.717) is 21.7 Å². The maximum Gasteiger partial charge on any atom is 0.226 e. The van der Waals surface area contributed by atoms with Crippen LogP contribution in [0.5, 0.6) is 5.75 Å². The van der Waals surface area contributed by atoms with E-state index in [1.54, 1.807) is 22.9 Å². The number of hydrogen-bond acceptors (Lipinski definition) is 4. The molecule has 0 unspecified atom stereocenters. The van der Waals surface area contributed by atoms with Crippen LogP contribution in [0, 0.1) is 5.82 Å². The van der Waals surface area contributed by atoms with Gasteiger partial charge in [-0.2, -0.15) is 10.1 Å². The van der Waals surface area contributed by atoms with Crippen LogP contribution in [0.25, 0.3) is 5.70 Å². The van der Waals surface area contributed by atoms with Gasteiger partial charge in [-0.05, 0) is 53.6 Å². The first-order chi connectivity index (χ1) is 15.6. The lowest BCUT2D eigenvalue weighted by Crippen LogP contribution is -2.32. The van der Waals surface area contributed by atoms with E-state index in [4.69, 9.17) is 27.9 Å².